The number of benzene rings is 1. The Hall–Kier alpha value is -0.820. The molecule has 0 spiro atoms. The van der Waals surface area contributed by atoms with Crippen molar-refractivity contribution in [3.05, 3.63) is 35.4 Å². The van der Waals surface area contributed by atoms with Crippen LogP contribution in [0.5, 0.6) is 0 Å². The van der Waals surface area contributed by atoms with Gasteiger partial charge in [0.05, 0.1) is 0 Å². The minimum Gasteiger partial charge on any atom is -0.307 e. The first-order valence-corrected chi connectivity index (χ1v) is 8.82. The highest BCUT2D eigenvalue weighted by atomic mass is 15.0. The summed E-state index contributed by atoms with van der Waals surface area (Å²) in [5.41, 5.74) is 2.88. The van der Waals surface area contributed by atoms with Crippen LogP contribution in [0, 0.1) is 17.8 Å². The van der Waals surface area contributed by atoms with Gasteiger partial charge in [-0.3, -0.25) is 0 Å². The SMILES string of the molecule is CC(C)Cc1ccc(C(C)NC2CCCC(C)C2C)cc1. The van der Waals surface area contributed by atoms with Crippen LogP contribution in [-0.2, 0) is 6.42 Å². The standard InChI is InChI=1S/C20H33N/c1-14(2)13-18-9-11-19(12-10-18)17(5)21-20-8-6-7-15(3)16(20)4/h9-12,14-17,20-21H,6-8,13H2,1-5H3. The van der Waals surface area contributed by atoms with Crippen LogP contribution in [0.3, 0.4) is 0 Å². The van der Waals surface area contributed by atoms with Crippen molar-refractivity contribution in [1.82, 2.24) is 5.32 Å². The Bertz CT molecular complexity index is 420. The molecule has 1 saturated carbocycles. The first kappa shape index (κ1) is 16.5. The maximum atomic E-state index is 3.88. The van der Waals surface area contributed by atoms with Gasteiger partial charge in [0.1, 0.15) is 0 Å². The molecule has 1 aliphatic carbocycles. The average Bonchev–Trinajstić information content (AvgIpc) is 2.44. The van der Waals surface area contributed by atoms with Crippen LogP contribution < -0.4 is 5.32 Å². The fourth-order valence-electron chi connectivity index (χ4n) is 3.65. The third kappa shape index (κ3) is 4.57. The van der Waals surface area contributed by atoms with Gasteiger partial charge in [-0.15, -0.1) is 0 Å². The molecule has 21 heavy (non-hydrogen) atoms. The molecule has 0 heterocycles. The molecule has 0 saturated heterocycles. The number of hydrogen-bond acceptors (Lipinski definition) is 1. The summed E-state index contributed by atoms with van der Waals surface area (Å²) in [6.07, 6.45) is 5.29. The van der Waals surface area contributed by atoms with Crippen LogP contribution in [-0.4, -0.2) is 6.04 Å². The molecule has 1 aliphatic rings. The summed E-state index contributed by atoms with van der Waals surface area (Å²) in [6.45, 7) is 11.7. The minimum absolute atomic E-state index is 0.454. The van der Waals surface area contributed by atoms with Gasteiger partial charge >= 0.3 is 0 Å². The van der Waals surface area contributed by atoms with E-state index < -0.39 is 0 Å². The molecule has 118 valence electrons. The molecular formula is C20H33N. The van der Waals surface area contributed by atoms with E-state index in [9.17, 15) is 0 Å². The molecule has 0 bridgehead atoms. The maximum absolute atomic E-state index is 3.88. The fraction of sp³-hybridized carbons (Fsp3) is 0.700. The maximum Gasteiger partial charge on any atom is 0.0294 e. The Morgan fingerprint density at radius 3 is 2.33 bits per heavy atom. The lowest BCUT2D eigenvalue weighted by molar-refractivity contribution is 0.196. The average molecular weight is 287 g/mol. The molecule has 1 nitrogen and oxygen atoms in total. The molecule has 1 aromatic rings. The highest BCUT2D eigenvalue weighted by Crippen LogP contribution is 2.31. The van der Waals surface area contributed by atoms with Crippen molar-refractivity contribution in [2.45, 2.75) is 72.4 Å². The Labute approximate surface area is 131 Å². The third-order valence-electron chi connectivity index (χ3n) is 5.29. The van der Waals surface area contributed by atoms with Crippen LogP contribution in [0.4, 0.5) is 0 Å². The Balaban J connectivity index is 1.95. The number of rotatable bonds is 5. The quantitative estimate of drug-likeness (QED) is 0.768. The van der Waals surface area contributed by atoms with Gasteiger partial charge in [0.2, 0.25) is 0 Å². The topological polar surface area (TPSA) is 12.0 Å². The minimum atomic E-state index is 0.454. The van der Waals surface area contributed by atoms with E-state index >= 15 is 0 Å². The molecule has 0 radical (unpaired) electrons. The fourth-order valence-corrected chi connectivity index (χ4v) is 3.65. The second-order valence-electron chi connectivity index (χ2n) is 7.60. The second-order valence-corrected chi connectivity index (χ2v) is 7.60. The molecule has 2 rings (SSSR count). The molecule has 4 atom stereocenters. The molecule has 0 aliphatic heterocycles. The van der Waals surface area contributed by atoms with Gasteiger partial charge in [-0.1, -0.05) is 64.8 Å². The lowest BCUT2D eigenvalue weighted by Gasteiger charge is -2.36. The molecule has 1 N–H and O–H groups in total. The van der Waals surface area contributed by atoms with Crippen molar-refractivity contribution in [2.75, 3.05) is 0 Å². The van der Waals surface area contributed by atoms with E-state index in [4.69, 9.17) is 0 Å². The molecule has 1 aromatic carbocycles. The predicted molar refractivity (Wildman–Crippen MR) is 92.5 cm³/mol. The van der Waals surface area contributed by atoms with Crippen molar-refractivity contribution >= 4 is 0 Å². The van der Waals surface area contributed by atoms with E-state index in [1.165, 1.54) is 36.8 Å². The highest BCUT2D eigenvalue weighted by molar-refractivity contribution is 5.25. The lowest BCUT2D eigenvalue weighted by Crippen LogP contribution is -2.41. The predicted octanol–water partition coefficient (Wildman–Crippen LogP) is 5.36. The van der Waals surface area contributed by atoms with Crippen molar-refractivity contribution < 1.29 is 0 Å². The lowest BCUT2D eigenvalue weighted by atomic mass is 9.77. The van der Waals surface area contributed by atoms with Gasteiger partial charge in [-0.2, -0.15) is 0 Å². The highest BCUT2D eigenvalue weighted by Gasteiger charge is 2.27. The first-order chi connectivity index (χ1) is 9.97. The zero-order valence-corrected chi connectivity index (χ0v) is 14.5. The number of nitrogens with one attached hydrogen (secondary N) is 1. The van der Waals surface area contributed by atoms with E-state index in [0.29, 0.717) is 12.1 Å². The van der Waals surface area contributed by atoms with Gasteiger partial charge in [-0.05, 0) is 48.6 Å². The summed E-state index contributed by atoms with van der Waals surface area (Å²) in [5, 5.41) is 3.88. The molecule has 1 heteroatoms. The smallest absolute Gasteiger partial charge is 0.0294 e. The summed E-state index contributed by atoms with van der Waals surface area (Å²) in [6, 6.07) is 10.4. The largest absolute Gasteiger partial charge is 0.307 e. The molecule has 0 amide bonds. The zero-order chi connectivity index (χ0) is 15.4. The Kier molecular flexibility index (Phi) is 5.87. The van der Waals surface area contributed by atoms with Crippen molar-refractivity contribution in [3.8, 4) is 0 Å². The van der Waals surface area contributed by atoms with Gasteiger partial charge in [-0.25, -0.2) is 0 Å². The molecule has 0 aromatic heterocycles. The van der Waals surface area contributed by atoms with Crippen molar-refractivity contribution in [3.63, 3.8) is 0 Å². The summed E-state index contributed by atoms with van der Waals surface area (Å²) < 4.78 is 0. The summed E-state index contributed by atoms with van der Waals surface area (Å²) in [4.78, 5) is 0. The van der Waals surface area contributed by atoms with Crippen LogP contribution in [0.25, 0.3) is 0 Å². The molecular weight excluding hydrogens is 254 g/mol. The van der Waals surface area contributed by atoms with Crippen molar-refractivity contribution in [1.29, 1.82) is 0 Å². The Morgan fingerprint density at radius 1 is 1.05 bits per heavy atom. The van der Waals surface area contributed by atoms with Gasteiger partial charge < -0.3 is 5.32 Å². The van der Waals surface area contributed by atoms with E-state index in [1.807, 2.05) is 0 Å². The van der Waals surface area contributed by atoms with Gasteiger partial charge in [0.15, 0.2) is 0 Å². The summed E-state index contributed by atoms with van der Waals surface area (Å²) in [7, 11) is 0. The molecule has 4 unspecified atom stereocenters. The summed E-state index contributed by atoms with van der Waals surface area (Å²) in [5.74, 6) is 2.38. The van der Waals surface area contributed by atoms with Crippen LogP contribution in [0.2, 0.25) is 0 Å². The third-order valence-corrected chi connectivity index (χ3v) is 5.29. The van der Waals surface area contributed by atoms with E-state index in [0.717, 1.165) is 17.8 Å². The second kappa shape index (κ2) is 7.45. The van der Waals surface area contributed by atoms with Crippen LogP contribution in [0.15, 0.2) is 24.3 Å². The number of hydrogen-bond donors (Lipinski definition) is 1. The van der Waals surface area contributed by atoms with Crippen LogP contribution >= 0.6 is 0 Å². The van der Waals surface area contributed by atoms with Crippen molar-refractivity contribution in [2.24, 2.45) is 17.8 Å². The normalized spacial score (nSPS) is 27.8. The zero-order valence-electron chi connectivity index (χ0n) is 14.5. The van der Waals surface area contributed by atoms with E-state index in [2.05, 4.69) is 64.2 Å². The first-order valence-electron chi connectivity index (χ1n) is 8.82. The monoisotopic (exact) mass is 287 g/mol. The van der Waals surface area contributed by atoms with Gasteiger partial charge in [0.25, 0.3) is 0 Å². The van der Waals surface area contributed by atoms with Crippen LogP contribution in [0.1, 0.15) is 71.0 Å². The Morgan fingerprint density at radius 2 is 1.71 bits per heavy atom. The van der Waals surface area contributed by atoms with Gasteiger partial charge in [0, 0.05) is 12.1 Å². The molecule has 1 fully saturated rings. The van der Waals surface area contributed by atoms with E-state index in [1.54, 1.807) is 0 Å². The summed E-state index contributed by atoms with van der Waals surface area (Å²) >= 11 is 0. The van der Waals surface area contributed by atoms with E-state index in [-0.39, 0.29) is 0 Å².